The summed E-state index contributed by atoms with van der Waals surface area (Å²) in [7, 11) is 3.23. The molecule has 0 saturated carbocycles. The molecule has 2 rings (SSSR count). The molecule has 5 nitrogen and oxygen atoms in total. The Bertz CT molecular complexity index is 535. The molecule has 0 unspecified atom stereocenters. The highest BCUT2D eigenvalue weighted by Crippen LogP contribution is 2.38. The highest BCUT2D eigenvalue weighted by molar-refractivity contribution is 5.78. The van der Waals surface area contributed by atoms with Crippen LogP contribution in [0, 0.1) is 6.92 Å². The highest BCUT2D eigenvalue weighted by Gasteiger charge is 2.15. The molecule has 1 aromatic carbocycles. The van der Waals surface area contributed by atoms with Crippen LogP contribution in [0.4, 0.5) is 5.88 Å². The number of aromatic nitrogens is 1. The van der Waals surface area contributed by atoms with Crippen molar-refractivity contribution < 1.29 is 14.0 Å². The quantitative estimate of drug-likeness (QED) is 0.881. The standard InChI is InChI=1S/C12H14N2O3/c1-7-4-11(16-3)8(5-10(7)15-2)9-6-14-17-12(9)13/h4-6H,13H2,1-3H3. The van der Waals surface area contributed by atoms with E-state index in [0.29, 0.717) is 11.3 Å². The zero-order valence-electron chi connectivity index (χ0n) is 9.98. The predicted octanol–water partition coefficient (Wildman–Crippen LogP) is 2.25. The fraction of sp³-hybridized carbons (Fsp3) is 0.250. The molecule has 0 bridgehead atoms. The molecule has 17 heavy (non-hydrogen) atoms. The van der Waals surface area contributed by atoms with Gasteiger partial charge in [-0.1, -0.05) is 5.16 Å². The molecule has 1 heterocycles. The number of nitrogen functional groups attached to an aromatic ring is 1. The van der Waals surface area contributed by atoms with E-state index in [9.17, 15) is 0 Å². The number of rotatable bonds is 3. The second-order valence-corrected chi connectivity index (χ2v) is 3.63. The molecule has 0 aliphatic carbocycles. The van der Waals surface area contributed by atoms with E-state index in [-0.39, 0.29) is 5.88 Å². The SMILES string of the molecule is COc1cc(-c2cnoc2N)c(OC)cc1C. The Morgan fingerprint density at radius 1 is 1.12 bits per heavy atom. The maximum atomic E-state index is 5.70. The van der Waals surface area contributed by atoms with Crippen molar-refractivity contribution in [2.75, 3.05) is 20.0 Å². The zero-order chi connectivity index (χ0) is 12.4. The first-order valence-electron chi connectivity index (χ1n) is 5.10. The summed E-state index contributed by atoms with van der Waals surface area (Å²) in [4.78, 5) is 0. The first kappa shape index (κ1) is 11.3. The van der Waals surface area contributed by atoms with Crippen molar-refractivity contribution in [3.63, 3.8) is 0 Å². The van der Waals surface area contributed by atoms with Crippen molar-refractivity contribution in [2.24, 2.45) is 0 Å². The number of nitrogens with two attached hydrogens (primary N) is 1. The molecule has 0 aliphatic heterocycles. The second-order valence-electron chi connectivity index (χ2n) is 3.63. The molecule has 0 fully saturated rings. The molecule has 5 heteroatoms. The normalized spacial score (nSPS) is 10.3. The topological polar surface area (TPSA) is 70.5 Å². The van der Waals surface area contributed by atoms with Gasteiger partial charge in [0.1, 0.15) is 11.5 Å². The molecule has 0 aliphatic rings. The zero-order valence-corrected chi connectivity index (χ0v) is 9.98. The summed E-state index contributed by atoms with van der Waals surface area (Å²) in [6, 6.07) is 3.75. The summed E-state index contributed by atoms with van der Waals surface area (Å²) in [5, 5.41) is 3.66. The molecule has 0 atom stereocenters. The van der Waals surface area contributed by atoms with Crippen LogP contribution in [0.2, 0.25) is 0 Å². The third-order valence-electron chi connectivity index (χ3n) is 2.61. The van der Waals surface area contributed by atoms with Gasteiger partial charge >= 0.3 is 0 Å². The van der Waals surface area contributed by atoms with Gasteiger partial charge in [-0.05, 0) is 24.6 Å². The minimum atomic E-state index is 0.259. The molecular formula is C12H14N2O3. The largest absolute Gasteiger partial charge is 0.496 e. The number of ether oxygens (including phenoxy) is 2. The minimum Gasteiger partial charge on any atom is -0.496 e. The Kier molecular flexibility index (Phi) is 2.91. The molecule has 90 valence electrons. The maximum Gasteiger partial charge on any atom is 0.230 e. The maximum absolute atomic E-state index is 5.70. The van der Waals surface area contributed by atoms with Gasteiger partial charge in [-0.2, -0.15) is 0 Å². The molecular weight excluding hydrogens is 220 g/mol. The van der Waals surface area contributed by atoms with Crippen LogP contribution in [0.15, 0.2) is 22.9 Å². The van der Waals surface area contributed by atoms with E-state index in [1.165, 1.54) is 0 Å². The van der Waals surface area contributed by atoms with E-state index in [2.05, 4.69) is 5.16 Å². The van der Waals surface area contributed by atoms with Crippen molar-refractivity contribution in [3.05, 3.63) is 23.9 Å². The van der Waals surface area contributed by atoms with Crippen LogP contribution in [-0.2, 0) is 0 Å². The van der Waals surface area contributed by atoms with E-state index in [1.807, 2.05) is 19.1 Å². The lowest BCUT2D eigenvalue weighted by molar-refractivity contribution is 0.401. The van der Waals surface area contributed by atoms with Gasteiger partial charge in [-0.25, -0.2) is 0 Å². The van der Waals surface area contributed by atoms with Gasteiger partial charge < -0.3 is 19.7 Å². The van der Waals surface area contributed by atoms with Crippen molar-refractivity contribution in [1.29, 1.82) is 0 Å². The number of anilines is 1. The average molecular weight is 234 g/mol. The van der Waals surface area contributed by atoms with E-state index in [0.717, 1.165) is 16.9 Å². The minimum absolute atomic E-state index is 0.259. The van der Waals surface area contributed by atoms with Crippen molar-refractivity contribution >= 4 is 5.88 Å². The van der Waals surface area contributed by atoms with E-state index in [4.69, 9.17) is 19.7 Å². The second kappa shape index (κ2) is 4.37. The number of nitrogens with zero attached hydrogens (tertiary/aromatic N) is 1. The van der Waals surface area contributed by atoms with E-state index < -0.39 is 0 Å². The van der Waals surface area contributed by atoms with Crippen LogP contribution in [0.1, 0.15) is 5.56 Å². The number of methoxy groups -OCH3 is 2. The van der Waals surface area contributed by atoms with E-state index in [1.54, 1.807) is 20.4 Å². The van der Waals surface area contributed by atoms with Gasteiger partial charge in [0.15, 0.2) is 0 Å². The molecule has 0 saturated heterocycles. The van der Waals surface area contributed by atoms with Gasteiger partial charge in [0, 0.05) is 5.56 Å². The number of aryl methyl sites for hydroxylation is 1. The number of hydrogen-bond acceptors (Lipinski definition) is 5. The summed E-state index contributed by atoms with van der Waals surface area (Å²) in [5.74, 6) is 1.73. The summed E-state index contributed by atoms with van der Waals surface area (Å²) < 4.78 is 15.5. The summed E-state index contributed by atoms with van der Waals surface area (Å²) >= 11 is 0. The van der Waals surface area contributed by atoms with Crippen molar-refractivity contribution in [1.82, 2.24) is 5.16 Å². The van der Waals surface area contributed by atoms with Crippen LogP contribution in [0.25, 0.3) is 11.1 Å². The fourth-order valence-corrected chi connectivity index (χ4v) is 1.71. The summed E-state index contributed by atoms with van der Waals surface area (Å²) in [5.41, 5.74) is 8.18. The highest BCUT2D eigenvalue weighted by atomic mass is 16.5. The van der Waals surface area contributed by atoms with Crippen LogP contribution in [0.3, 0.4) is 0 Å². The lowest BCUT2D eigenvalue weighted by Crippen LogP contribution is -1.94. The Hall–Kier alpha value is -2.17. The monoisotopic (exact) mass is 234 g/mol. The Balaban J connectivity index is 2.63. The Labute approximate surface area is 99.1 Å². The average Bonchev–Trinajstić information content (AvgIpc) is 2.75. The smallest absolute Gasteiger partial charge is 0.230 e. The third-order valence-corrected chi connectivity index (χ3v) is 2.61. The van der Waals surface area contributed by atoms with Gasteiger partial charge in [0.05, 0.1) is 26.0 Å². The molecule has 2 N–H and O–H groups in total. The van der Waals surface area contributed by atoms with Crippen LogP contribution in [0.5, 0.6) is 11.5 Å². The first-order valence-corrected chi connectivity index (χ1v) is 5.10. The van der Waals surface area contributed by atoms with Gasteiger partial charge in [0.2, 0.25) is 5.88 Å². The van der Waals surface area contributed by atoms with Crippen LogP contribution >= 0.6 is 0 Å². The number of hydrogen-bond donors (Lipinski definition) is 1. The molecule has 2 aromatic rings. The van der Waals surface area contributed by atoms with E-state index >= 15 is 0 Å². The van der Waals surface area contributed by atoms with Crippen molar-refractivity contribution in [3.8, 4) is 22.6 Å². The summed E-state index contributed by atoms with van der Waals surface area (Å²) in [6.07, 6.45) is 1.56. The van der Waals surface area contributed by atoms with Crippen LogP contribution < -0.4 is 15.2 Å². The first-order chi connectivity index (χ1) is 8.17. The predicted molar refractivity (Wildman–Crippen MR) is 64.2 cm³/mol. The third kappa shape index (κ3) is 1.91. The van der Waals surface area contributed by atoms with Gasteiger partial charge in [-0.3, -0.25) is 0 Å². The summed E-state index contributed by atoms with van der Waals surface area (Å²) in [6.45, 7) is 1.95. The Morgan fingerprint density at radius 3 is 2.35 bits per heavy atom. The lowest BCUT2D eigenvalue weighted by atomic mass is 10.0. The molecule has 0 radical (unpaired) electrons. The number of benzene rings is 1. The molecule has 1 aromatic heterocycles. The lowest BCUT2D eigenvalue weighted by Gasteiger charge is -2.11. The van der Waals surface area contributed by atoms with Crippen LogP contribution in [-0.4, -0.2) is 19.4 Å². The van der Waals surface area contributed by atoms with Crippen molar-refractivity contribution in [2.45, 2.75) is 6.92 Å². The van der Waals surface area contributed by atoms with Gasteiger partial charge in [0.25, 0.3) is 0 Å². The molecule has 0 amide bonds. The fourth-order valence-electron chi connectivity index (χ4n) is 1.71. The molecule has 0 spiro atoms. The van der Waals surface area contributed by atoms with Gasteiger partial charge in [-0.15, -0.1) is 0 Å². The Morgan fingerprint density at radius 2 is 1.82 bits per heavy atom.